The van der Waals surface area contributed by atoms with Crippen LogP contribution in [0.5, 0.6) is 0 Å². The lowest BCUT2D eigenvalue weighted by atomic mass is 10.1. The van der Waals surface area contributed by atoms with Gasteiger partial charge in [-0.1, -0.05) is 6.92 Å². The van der Waals surface area contributed by atoms with Gasteiger partial charge in [0.15, 0.2) is 12.2 Å². The van der Waals surface area contributed by atoms with Crippen molar-refractivity contribution in [2.24, 2.45) is 0 Å². The standard InChI is InChI=1S/C7H16O2.C4H6O6/c1-2-7(9)5-3-4-6-8;5-1(3(7)8)2(6)4(9)10/h7-9H,2-6H2,1H3;1-2,5-6H,(H,7,8)(H,9,10). The number of hydrogen-bond acceptors (Lipinski definition) is 6. The molecule has 0 aliphatic rings. The van der Waals surface area contributed by atoms with Gasteiger partial charge >= 0.3 is 11.9 Å². The van der Waals surface area contributed by atoms with Gasteiger partial charge in [-0.2, -0.15) is 0 Å². The zero-order valence-corrected chi connectivity index (χ0v) is 10.8. The molecule has 8 nitrogen and oxygen atoms in total. The highest BCUT2D eigenvalue weighted by molar-refractivity contribution is 5.83. The summed E-state index contributed by atoms with van der Waals surface area (Å²) >= 11 is 0. The Morgan fingerprint density at radius 3 is 1.63 bits per heavy atom. The maximum Gasteiger partial charge on any atom is 0.335 e. The van der Waals surface area contributed by atoms with Crippen LogP contribution < -0.4 is 0 Å². The first-order valence-corrected chi connectivity index (χ1v) is 5.88. The summed E-state index contributed by atoms with van der Waals surface area (Å²) < 4.78 is 0. The number of hydrogen-bond donors (Lipinski definition) is 6. The van der Waals surface area contributed by atoms with E-state index in [9.17, 15) is 9.59 Å². The molecular weight excluding hydrogens is 260 g/mol. The Morgan fingerprint density at radius 2 is 1.37 bits per heavy atom. The van der Waals surface area contributed by atoms with Gasteiger partial charge in [0.1, 0.15) is 0 Å². The number of rotatable bonds is 8. The Kier molecular flexibility index (Phi) is 12.5. The molecule has 0 amide bonds. The average Bonchev–Trinajstić information content (AvgIpc) is 2.37. The molecule has 6 N–H and O–H groups in total. The fourth-order valence-electron chi connectivity index (χ4n) is 0.966. The zero-order chi connectivity index (χ0) is 15.4. The van der Waals surface area contributed by atoms with Crippen LogP contribution in [-0.2, 0) is 9.59 Å². The monoisotopic (exact) mass is 282 g/mol. The van der Waals surface area contributed by atoms with Gasteiger partial charge in [-0.05, 0) is 25.7 Å². The minimum atomic E-state index is -2.27. The summed E-state index contributed by atoms with van der Waals surface area (Å²) in [6, 6.07) is 0. The van der Waals surface area contributed by atoms with E-state index in [1.165, 1.54) is 0 Å². The number of aliphatic hydroxyl groups is 4. The van der Waals surface area contributed by atoms with Crippen molar-refractivity contribution >= 4 is 11.9 Å². The van der Waals surface area contributed by atoms with E-state index in [1.807, 2.05) is 6.92 Å². The Morgan fingerprint density at radius 1 is 0.947 bits per heavy atom. The summed E-state index contributed by atoms with van der Waals surface area (Å²) in [5, 5.41) is 49.9. The first-order chi connectivity index (χ1) is 8.77. The van der Waals surface area contributed by atoms with Gasteiger partial charge in [-0.25, -0.2) is 9.59 Å². The predicted molar refractivity (Wildman–Crippen MR) is 64.5 cm³/mol. The molecular formula is C11H22O8. The highest BCUT2D eigenvalue weighted by atomic mass is 16.4. The maximum absolute atomic E-state index is 9.77. The molecule has 0 heterocycles. The van der Waals surface area contributed by atoms with Crippen molar-refractivity contribution in [3.05, 3.63) is 0 Å². The summed E-state index contributed by atoms with van der Waals surface area (Å²) in [4.78, 5) is 19.5. The third kappa shape index (κ3) is 11.6. The molecule has 0 aliphatic heterocycles. The third-order valence-corrected chi connectivity index (χ3v) is 2.22. The Hall–Kier alpha value is -1.22. The number of aliphatic carboxylic acids is 2. The molecule has 19 heavy (non-hydrogen) atoms. The summed E-state index contributed by atoms with van der Waals surface area (Å²) in [6.07, 6.45) is -1.28. The lowest BCUT2D eigenvalue weighted by molar-refractivity contribution is -0.165. The van der Waals surface area contributed by atoms with Crippen molar-refractivity contribution in [2.75, 3.05) is 6.61 Å². The van der Waals surface area contributed by atoms with E-state index in [0.29, 0.717) is 0 Å². The maximum atomic E-state index is 9.77. The van der Waals surface area contributed by atoms with E-state index >= 15 is 0 Å². The largest absolute Gasteiger partial charge is 0.479 e. The molecule has 0 rings (SSSR count). The van der Waals surface area contributed by atoms with Crippen LogP contribution in [0.15, 0.2) is 0 Å². The van der Waals surface area contributed by atoms with E-state index in [-0.39, 0.29) is 12.7 Å². The van der Waals surface area contributed by atoms with Crippen LogP contribution in [0.25, 0.3) is 0 Å². The van der Waals surface area contributed by atoms with Crippen LogP contribution in [-0.4, -0.2) is 67.5 Å². The third-order valence-electron chi connectivity index (χ3n) is 2.22. The summed E-state index contributed by atoms with van der Waals surface area (Å²) in [5.74, 6) is -3.54. The van der Waals surface area contributed by atoms with Crippen molar-refractivity contribution in [1.29, 1.82) is 0 Å². The number of unbranched alkanes of at least 4 members (excludes halogenated alkanes) is 1. The van der Waals surface area contributed by atoms with Crippen LogP contribution >= 0.6 is 0 Å². The van der Waals surface area contributed by atoms with E-state index in [1.54, 1.807) is 0 Å². The molecule has 0 saturated heterocycles. The lowest BCUT2D eigenvalue weighted by Crippen LogP contribution is -2.39. The van der Waals surface area contributed by atoms with Gasteiger partial charge in [0.2, 0.25) is 0 Å². The Balaban J connectivity index is 0. The summed E-state index contributed by atoms with van der Waals surface area (Å²) in [6.45, 7) is 2.21. The number of carboxylic acid groups (broad SMARTS) is 2. The molecule has 8 heteroatoms. The molecule has 0 saturated carbocycles. The highest BCUT2D eigenvalue weighted by Crippen LogP contribution is 2.02. The lowest BCUT2D eigenvalue weighted by Gasteiger charge is -2.07. The van der Waals surface area contributed by atoms with Crippen LogP contribution in [0.4, 0.5) is 0 Å². The molecule has 0 radical (unpaired) electrons. The Bertz CT molecular complexity index is 237. The Labute approximate surface area is 110 Å². The second kappa shape index (κ2) is 11.8. The highest BCUT2D eigenvalue weighted by Gasteiger charge is 2.29. The van der Waals surface area contributed by atoms with Gasteiger partial charge in [0.05, 0.1) is 6.10 Å². The van der Waals surface area contributed by atoms with E-state index in [2.05, 4.69) is 0 Å². The fourth-order valence-corrected chi connectivity index (χ4v) is 0.966. The first-order valence-electron chi connectivity index (χ1n) is 5.88. The van der Waals surface area contributed by atoms with E-state index in [4.69, 9.17) is 30.6 Å². The van der Waals surface area contributed by atoms with Crippen LogP contribution in [0.2, 0.25) is 0 Å². The van der Waals surface area contributed by atoms with Crippen molar-refractivity contribution in [3.8, 4) is 0 Å². The van der Waals surface area contributed by atoms with Gasteiger partial charge in [0, 0.05) is 6.61 Å². The quantitative estimate of drug-likeness (QED) is 0.303. The number of carboxylic acids is 2. The van der Waals surface area contributed by atoms with Gasteiger partial charge < -0.3 is 30.6 Å². The molecule has 0 aromatic rings. The number of carbonyl (C=O) groups is 2. The predicted octanol–water partition coefficient (Wildman–Crippen LogP) is -1.20. The smallest absolute Gasteiger partial charge is 0.335 e. The van der Waals surface area contributed by atoms with Crippen molar-refractivity contribution < 1.29 is 40.2 Å². The van der Waals surface area contributed by atoms with Crippen LogP contribution in [0.3, 0.4) is 0 Å². The summed E-state index contributed by atoms with van der Waals surface area (Å²) in [5.41, 5.74) is 0. The minimum absolute atomic E-state index is 0.156. The molecule has 3 atom stereocenters. The first kappa shape index (κ1) is 20.1. The number of aliphatic hydroxyl groups excluding tert-OH is 4. The molecule has 0 aliphatic carbocycles. The fraction of sp³-hybridized carbons (Fsp3) is 0.818. The second-order valence-corrected chi connectivity index (χ2v) is 3.85. The molecule has 0 fully saturated rings. The molecule has 0 bridgehead atoms. The second-order valence-electron chi connectivity index (χ2n) is 3.85. The molecule has 114 valence electrons. The topological polar surface area (TPSA) is 156 Å². The zero-order valence-electron chi connectivity index (χ0n) is 10.8. The average molecular weight is 282 g/mol. The normalized spacial score (nSPS) is 14.8. The van der Waals surface area contributed by atoms with Gasteiger partial charge in [0.25, 0.3) is 0 Å². The van der Waals surface area contributed by atoms with E-state index < -0.39 is 24.1 Å². The SMILES string of the molecule is CCC(O)CCCCO.O=C(O)C(O)C(O)C(=O)O. The van der Waals surface area contributed by atoms with Crippen molar-refractivity contribution in [2.45, 2.75) is 50.9 Å². The van der Waals surface area contributed by atoms with E-state index in [0.717, 1.165) is 25.7 Å². The van der Waals surface area contributed by atoms with Crippen LogP contribution in [0, 0.1) is 0 Å². The molecule has 3 unspecified atom stereocenters. The van der Waals surface area contributed by atoms with Gasteiger partial charge in [-0.3, -0.25) is 0 Å². The van der Waals surface area contributed by atoms with Gasteiger partial charge in [-0.15, -0.1) is 0 Å². The van der Waals surface area contributed by atoms with Crippen molar-refractivity contribution in [3.63, 3.8) is 0 Å². The summed E-state index contributed by atoms with van der Waals surface area (Å²) in [7, 11) is 0. The molecule has 0 aromatic carbocycles. The molecule has 0 aromatic heterocycles. The van der Waals surface area contributed by atoms with Crippen molar-refractivity contribution in [1.82, 2.24) is 0 Å². The minimum Gasteiger partial charge on any atom is -0.479 e. The molecule has 0 spiro atoms. The van der Waals surface area contributed by atoms with Crippen LogP contribution in [0.1, 0.15) is 32.6 Å².